The van der Waals surface area contributed by atoms with Gasteiger partial charge < -0.3 is 10.1 Å². The summed E-state index contributed by atoms with van der Waals surface area (Å²) in [7, 11) is 0. The minimum atomic E-state index is -0.372. The Bertz CT molecular complexity index is 1020. The molecular formula is C19H13N3O2S. The Kier molecular flexibility index (Phi) is 4.10. The van der Waals surface area contributed by atoms with Crippen molar-refractivity contribution < 1.29 is 9.53 Å². The zero-order valence-electron chi connectivity index (χ0n) is 13.0. The van der Waals surface area contributed by atoms with E-state index in [9.17, 15) is 4.79 Å². The maximum absolute atomic E-state index is 12.1. The average Bonchev–Trinajstić information content (AvgIpc) is 3.18. The van der Waals surface area contributed by atoms with Gasteiger partial charge in [0.15, 0.2) is 0 Å². The summed E-state index contributed by atoms with van der Waals surface area (Å²) >= 11 is 1.35. The van der Waals surface area contributed by atoms with Crippen molar-refractivity contribution in [3.05, 3.63) is 77.2 Å². The summed E-state index contributed by atoms with van der Waals surface area (Å²) in [5.41, 5.74) is 1.69. The fraction of sp³-hybridized carbons (Fsp3) is 0. The number of thiophene rings is 1. The number of esters is 1. The highest BCUT2D eigenvalue weighted by atomic mass is 32.1. The highest BCUT2D eigenvalue weighted by Crippen LogP contribution is 2.27. The molecule has 0 aliphatic heterocycles. The molecule has 0 radical (unpaired) electrons. The van der Waals surface area contributed by atoms with Gasteiger partial charge in [0.25, 0.3) is 0 Å². The van der Waals surface area contributed by atoms with Crippen LogP contribution >= 0.6 is 11.3 Å². The Morgan fingerprint density at radius 2 is 1.88 bits per heavy atom. The summed E-state index contributed by atoms with van der Waals surface area (Å²) in [6.45, 7) is 0. The second-order valence-corrected chi connectivity index (χ2v) is 6.21. The normalized spacial score (nSPS) is 10.6. The molecule has 0 unspecified atom stereocenters. The first-order valence-electron chi connectivity index (χ1n) is 7.62. The van der Waals surface area contributed by atoms with Crippen LogP contribution in [0.15, 0.2) is 72.4 Å². The van der Waals surface area contributed by atoms with Crippen LogP contribution in [0.4, 0.5) is 11.5 Å². The summed E-state index contributed by atoms with van der Waals surface area (Å²) in [4.78, 5) is 21.3. The number of nitrogens with one attached hydrogen (secondary N) is 1. The van der Waals surface area contributed by atoms with E-state index in [4.69, 9.17) is 4.74 Å². The van der Waals surface area contributed by atoms with Crippen LogP contribution in [0, 0.1) is 0 Å². The van der Waals surface area contributed by atoms with Crippen molar-refractivity contribution >= 4 is 39.7 Å². The van der Waals surface area contributed by atoms with Crippen LogP contribution in [0.1, 0.15) is 9.67 Å². The number of para-hydroxylation sites is 1. The molecule has 2 heterocycles. The van der Waals surface area contributed by atoms with Gasteiger partial charge in [-0.3, -0.25) is 0 Å². The number of hydrogen-bond donors (Lipinski definition) is 1. The third-order valence-corrected chi connectivity index (χ3v) is 4.43. The van der Waals surface area contributed by atoms with Gasteiger partial charge in [-0.1, -0.05) is 24.3 Å². The monoisotopic (exact) mass is 347 g/mol. The zero-order chi connectivity index (χ0) is 17.1. The predicted octanol–water partition coefficient (Wildman–Crippen LogP) is 4.65. The Morgan fingerprint density at radius 1 is 1.00 bits per heavy atom. The van der Waals surface area contributed by atoms with Gasteiger partial charge in [0.05, 0.1) is 5.52 Å². The summed E-state index contributed by atoms with van der Waals surface area (Å²) in [5.74, 6) is 0.741. The molecule has 0 amide bonds. The van der Waals surface area contributed by atoms with E-state index in [-0.39, 0.29) is 5.97 Å². The van der Waals surface area contributed by atoms with E-state index in [2.05, 4.69) is 15.3 Å². The van der Waals surface area contributed by atoms with Crippen molar-refractivity contribution in [3.8, 4) is 5.75 Å². The maximum atomic E-state index is 12.1. The molecule has 2 aromatic carbocycles. The standard InChI is InChI=1S/C19H13N3O2S/c23-19(17-7-4-10-25-17)24-14-8-9-16-15(11-14)18(21-12-20-16)22-13-5-2-1-3-6-13/h1-12H,(H,20,21,22). The fourth-order valence-corrected chi connectivity index (χ4v) is 3.01. The van der Waals surface area contributed by atoms with Gasteiger partial charge in [-0.2, -0.15) is 0 Å². The lowest BCUT2D eigenvalue weighted by Gasteiger charge is -2.09. The highest BCUT2D eigenvalue weighted by molar-refractivity contribution is 7.12. The van der Waals surface area contributed by atoms with Crippen LogP contribution in [0.3, 0.4) is 0 Å². The first-order chi connectivity index (χ1) is 12.3. The number of anilines is 2. The number of carbonyl (C=O) groups excluding carboxylic acids is 1. The van der Waals surface area contributed by atoms with E-state index in [1.54, 1.807) is 18.2 Å². The van der Waals surface area contributed by atoms with Crippen LogP contribution in [-0.2, 0) is 0 Å². The molecule has 0 bridgehead atoms. The number of carbonyl (C=O) groups is 1. The number of ether oxygens (including phenoxy) is 1. The Morgan fingerprint density at radius 3 is 2.68 bits per heavy atom. The van der Waals surface area contributed by atoms with Crippen LogP contribution < -0.4 is 10.1 Å². The molecule has 0 saturated carbocycles. The summed E-state index contributed by atoms with van der Waals surface area (Å²) in [6.07, 6.45) is 1.50. The van der Waals surface area contributed by atoms with E-state index in [0.717, 1.165) is 16.6 Å². The Labute approximate surface area is 147 Å². The molecule has 122 valence electrons. The number of nitrogens with zero attached hydrogens (tertiary/aromatic N) is 2. The minimum absolute atomic E-state index is 0.372. The summed E-state index contributed by atoms with van der Waals surface area (Å²) < 4.78 is 5.46. The third kappa shape index (κ3) is 3.34. The van der Waals surface area contributed by atoms with Crippen LogP contribution in [-0.4, -0.2) is 15.9 Å². The van der Waals surface area contributed by atoms with Gasteiger partial charge in [0.2, 0.25) is 0 Å². The number of aromatic nitrogens is 2. The van der Waals surface area contributed by atoms with Gasteiger partial charge in [0.1, 0.15) is 22.8 Å². The lowest BCUT2D eigenvalue weighted by molar-refractivity contribution is 0.0740. The third-order valence-electron chi connectivity index (χ3n) is 3.58. The first-order valence-corrected chi connectivity index (χ1v) is 8.50. The molecule has 0 atom stereocenters. The minimum Gasteiger partial charge on any atom is -0.422 e. The lowest BCUT2D eigenvalue weighted by Crippen LogP contribution is -2.06. The smallest absolute Gasteiger partial charge is 0.353 e. The number of fused-ring (bicyclic) bond motifs is 1. The summed E-state index contributed by atoms with van der Waals surface area (Å²) in [6, 6.07) is 18.6. The van der Waals surface area contributed by atoms with Gasteiger partial charge >= 0.3 is 5.97 Å². The highest BCUT2D eigenvalue weighted by Gasteiger charge is 2.11. The van der Waals surface area contributed by atoms with E-state index in [1.807, 2.05) is 47.8 Å². The van der Waals surface area contributed by atoms with E-state index in [1.165, 1.54) is 17.7 Å². The van der Waals surface area contributed by atoms with Crippen molar-refractivity contribution in [1.82, 2.24) is 9.97 Å². The number of benzene rings is 2. The van der Waals surface area contributed by atoms with Crippen LogP contribution in [0.25, 0.3) is 10.9 Å². The molecule has 0 aliphatic carbocycles. The zero-order valence-corrected chi connectivity index (χ0v) is 13.9. The average molecular weight is 347 g/mol. The van der Waals surface area contributed by atoms with Crippen molar-refractivity contribution in [2.45, 2.75) is 0 Å². The van der Waals surface area contributed by atoms with E-state index in [0.29, 0.717) is 16.4 Å². The van der Waals surface area contributed by atoms with Crippen molar-refractivity contribution in [2.24, 2.45) is 0 Å². The molecule has 0 aliphatic rings. The molecular weight excluding hydrogens is 334 g/mol. The molecule has 25 heavy (non-hydrogen) atoms. The van der Waals surface area contributed by atoms with Crippen molar-refractivity contribution in [3.63, 3.8) is 0 Å². The van der Waals surface area contributed by atoms with Crippen molar-refractivity contribution in [2.75, 3.05) is 5.32 Å². The van der Waals surface area contributed by atoms with Gasteiger partial charge in [-0.15, -0.1) is 11.3 Å². The van der Waals surface area contributed by atoms with Gasteiger partial charge in [0, 0.05) is 11.1 Å². The van der Waals surface area contributed by atoms with E-state index < -0.39 is 0 Å². The van der Waals surface area contributed by atoms with E-state index >= 15 is 0 Å². The largest absolute Gasteiger partial charge is 0.422 e. The lowest BCUT2D eigenvalue weighted by atomic mass is 10.2. The molecule has 1 N–H and O–H groups in total. The first kappa shape index (κ1) is 15.3. The Balaban J connectivity index is 1.67. The number of hydrogen-bond acceptors (Lipinski definition) is 6. The molecule has 0 fully saturated rings. The topological polar surface area (TPSA) is 64.1 Å². The quantitative estimate of drug-likeness (QED) is 0.430. The van der Waals surface area contributed by atoms with Crippen LogP contribution in [0.2, 0.25) is 0 Å². The SMILES string of the molecule is O=C(Oc1ccc2ncnc(Nc3ccccc3)c2c1)c1cccs1. The fourth-order valence-electron chi connectivity index (χ4n) is 2.41. The number of rotatable bonds is 4. The predicted molar refractivity (Wildman–Crippen MR) is 98.5 cm³/mol. The summed E-state index contributed by atoms with van der Waals surface area (Å²) in [5, 5.41) is 5.89. The Hall–Kier alpha value is -3.25. The second-order valence-electron chi connectivity index (χ2n) is 5.26. The molecule has 5 nitrogen and oxygen atoms in total. The van der Waals surface area contributed by atoms with Gasteiger partial charge in [-0.05, 0) is 41.8 Å². The van der Waals surface area contributed by atoms with Gasteiger partial charge in [-0.25, -0.2) is 14.8 Å². The maximum Gasteiger partial charge on any atom is 0.353 e. The molecule has 4 rings (SSSR count). The van der Waals surface area contributed by atoms with Crippen LogP contribution in [0.5, 0.6) is 5.75 Å². The molecule has 0 saturated heterocycles. The second kappa shape index (κ2) is 6.70. The molecule has 6 heteroatoms. The molecule has 2 aromatic heterocycles. The molecule has 4 aromatic rings. The molecule has 0 spiro atoms. The van der Waals surface area contributed by atoms with Crippen molar-refractivity contribution in [1.29, 1.82) is 0 Å².